The Morgan fingerprint density at radius 2 is 1.36 bits per heavy atom. The van der Waals surface area contributed by atoms with E-state index in [2.05, 4.69) is 0 Å². The summed E-state index contributed by atoms with van der Waals surface area (Å²) in [6, 6.07) is 0. The number of carbonyl (C=O) groups excluding carboxylic acids is 3. The number of carbonyl (C=O) groups is 3. The van der Waals surface area contributed by atoms with Gasteiger partial charge in [-0.2, -0.15) is 0 Å². The lowest BCUT2D eigenvalue weighted by atomic mass is 9.89. The molecule has 0 heterocycles. The maximum atomic E-state index is 11.3. The van der Waals surface area contributed by atoms with Crippen molar-refractivity contribution in [3.63, 3.8) is 0 Å². The van der Waals surface area contributed by atoms with Crippen molar-refractivity contribution in [1.82, 2.24) is 0 Å². The second-order valence-corrected chi connectivity index (χ2v) is 2.99. The molecular weight excluding hydrogens is 188 g/mol. The number of hydrogen-bond donors (Lipinski definition) is 0. The summed E-state index contributed by atoms with van der Waals surface area (Å²) in [4.78, 5) is 32.1. The van der Waals surface area contributed by atoms with E-state index < -0.39 is 29.6 Å². The summed E-state index contributed by atoms with van der Waals surface area (Å²) >= 11 is 0. The van der Waals surface area contributed by atoms with E-state index in [4.69, 9.17) is 0 Å². The number of carboxylic acids is 2. The molecule has 0 aromatic carbocycles. The van der Waals surface area contributed by atoms with Gasteiger partial charge in [0.2, 0.25) is 0 Å². The predicted molar refractivity (Wildman–Crippen MR) is 42.6 cm³/mol. The minimum Gasteiger partial charge on any atom is -0.549 e. The lowest BCUT2D eigenvalue weighted by Gasteiger charge is -2.22. The molecule has 5 heteroatoms. The van der Waals surface area contributed by atoms with E-state index >= 15 is 0 Å². The summed E-state index contributed by atoms with van der Waals surface area (Å²) in [5.41, 5.74) is 0. The Morgan fingerprint density at radius 3 is 1.57 bits per heavy atom. The van der Waals surface area contributed by atoms with E-state index in [-0.39, 0.29) is 0 Å². The number of ketones is 1. The molecule has 0 spiro atoms. The Labute approximate surface area is 81.7 Å². The van der Waals surface area contributed by atoms with Crippen LogP contribution in [0.25, 0.3) is 0 Å². The zero-order valence-corrected chi connectivity index (χ0v) is 8.11. The van der Waals surface area contributed by atoms with Crippen molar-refractivity contribution in [2.45, 2.75) is 26.7 Å². The molecule has 0 saturated carbocycles. The van der Waals surface area contributed by atoms with Crippen molar-refractivity contribution in [2.24, 2.45) is 11.8 Å². The summed E-state index contributed by atoms with van der Waals surface area (Å²) in [6.07, 6.45) is 0.818. The number of aliphatic carboxylic acids is 2. The minimum atomic E-state index is -2.14. The molecule has 0 amide bonds. The third-order valence-electron chi connectivity index (χ3n) is 2.14. The molecule has 0 saturated heterocycles. The monoisotopic (exact) mass is 200 g/mol. The van der Waals surface area contributed by atoms with Gasteiger partial charge in [-0.3, -0.25) is 4.79 Å². The Balaban J connectivity index is 4.76. The molecule has 0 aliphatic carbocycles. The van der Waals surface area contributed by atoms with Gasteiger partial charge in [-0.05, 0) is 12.8 Å². The van der Waals surface area contributed by atoms with Crippen LogP contribution >= 0.6 is 0 Å². The van der Waals surface area contributed by atoms with Crippen LogP contribution < -0.4 is 10.2 Å². The van der Waals surface area contributed by atoms with E-state index in [0.717, 1.165) is 0 Å². The van der Waals surface area contributed by atoms with Gasteiger partial charge in [-0.15, -0.1) is 0 Å². The zero-order chi connectivity index (χ0) is 11.3. The Bertz CT molecular complexity index is 228. The van der Waals surface area contributed by atoms with Crippen molar-refractivity contribution >= 4 is 17.7 Å². The van der Waals surface area contributed by atoms with Gasteiger partial charge in [0.05, 0.1) is 17.9 Å². The first kappa shape index (κ1) is 12.6. The lowest BCUT2D eigenvalue weighted by Crippen LogP contribution is -2.49. The van der Waals surface area contributed by atoms with E-state index in [1.807, 2.05) is 0 Å². The molecule has 0 atom stereocenters. The minimum absolute atomic E-state index is 0.409. The van der Waals surface area contributed by atoms with Gasteiger partial charge in [0, 0.05) is 5.92 Å². The SMILES string of the molecule is CCC(CC)C(=O)C(C(=O)[O-])C(=O)[O-]. The summed E-state index contributed by atoms with van der Waals surface area (Å²) in [5.74, 6) is -7.34. The van der Waals surface area contributed by atoms with Crippen LogP contribution in [0.15, 0.2) is 0 Å². The van der Waals surface area contributed by atoms with Crippen molar-refractivity contribution in [3.8, 4) is 0 Å². The zero-order valence-electron chi connectivity index (χ0n) is 8.11. The molecule has 0 aromatic heterocycles. The van der Waals surface area contributed by atoms with Gasteiger partial charge in [0.15, 0.2) is 0 Å². The first-order valence-electron chi connectivity index (χ1n) is 4.41. The third kappa shape index (κ3) is 2.83. The van der Waals surface area contributed by atoms with Crippen LogP contribution in [0.2, 0.25) is 0 Å². The van der Waals surface area contributed by atoms with Crippen LogP contribution in [0.1, 0.15) is 26.7 Å². The Morgan fingerprint density at radius 1 is 1.00 bits per heavy atom. The molecule has 0 N–H and O–H groups in total. The van der Waals surface area contributed by atoms with Crippen molar-refractivity contribution in [3.05, 3.63) is 0 Å². The second kappa shape index (κ2) is 5.36. The van der Waals surface area contributed by atoms with Gasteiger partial charge in [-0.1, -0.05) is 13.8 Å². The Kier molecular flexibility index (Phi) is 4.83. The van der Waals surface area contributed by atoms with Gasteiger partial charge >= 0.3 is 0 Å². The van der Waals surface area contributed by atoms with E-state index in [9.17, 15) is 24.6 Å². The Hall–Kier alpha value is -1.39. The molecule has 0 aliphatic heterocycles. The number of hydrogen-bond acceptors (Lipinski definition) is 5. The third-order valence-corrected chi connectivity index (χ3v) is 2.14. The number of carboxylic acid groups (broad SMARTS) is 2. The average Bonchev–Trinajstić information content (AvgIpc) is 2.04. The van der Waals surface area contributed by atoms with Crippen LogP contribution in [-0.4, -0.2) is 17.7 Å². The summed E-state index contributed by atoms with van der Waals surface area (Å²) < 4.78 is 0. The van der Waals surface area contributed by atoms with Crippen LogP contribution in [0.5, 0.6) is 0 Å². The molecule has 80 valence electrons. The molecule has 0 fully saturated rings. The predicted octanol–water partition coefficient (Wildman–Crippen LogP) is -1.89. The first-order valence-corrected chi connectivity index (χ1v) is 4.41. The summed E-state index contributed by atoms with van der Waals surface area (Å²) in [7, 11) is 0. The quantitative estimate of drug-likeness (QED) is 0.467. The average molecular weight is 200 g/mol. The van der Waals surface area contributed by atoms with Crippen LogP contribution in [0.3, 0.4) is 0 Å². The van der Waals surface area contributed by atoms with Crippen molar-refractivity contribution < 1.29 is 24.6 Å². The van der Waals surface area contributed by atoms with Crippen molar-refractivity contribution in [2.75, 3.05) is 0 Å². The summed E-state index contributed by atoms with van der Waals surface area (Å²) in [5, 5.41) is 20.7. The largest absolute Gasteiger partial charge is 0.549 e. The standard InChI is InChI=1S/C9H14O5/c1-3-5(4-2)7(10)6(8(11)12)9(13)14/h5-6H,3-4H2,1-2H3,(H,11,12)(H,13,14)/p-2. The molecule has 0 unspecified atom stereocenters. The van der Waals surface area contributed by atoms with E-state index in [1.54, 1.807) is 13.8 Å². The highest BCUT2D eigenvalue weighted by atomic mass is 16.4. The fraction of sp³-hybridized carbons (Fsp3) is 0.667. The highest BCUT2D eigenvalue weighted by Crippen LogP contribution is 2.14. The normalized spacial score (nSPS) is 10.6. The fourth-order valence-corrected chi connectivity index (χ4v) is 1.26. The lowest BCUT2D eigenvalue weighted by molar-refractivity contribution is -0.329. The first-order chi connectivity index (χ1) is 6.45. The van der Waals surface area contributed by atoms with Gasteiger partial charge in [0.1, 0.15) is 5.78 Å². The van der Waals surface area contributed by atoms with E-state index in [1.165, 1.54) is 0 Å². The molecular formula is C9H12O5-2. The smallest absolute Gasteiger partial charge is 0.150 e. The van der Waals surface area contributed by atoms with Crippen LogP contribution in [-0.2, 0) is 14.4 Å². The van der Waals surface area contributed by atoms with Crippen molar-refractivity contribution in [1.29, 1.82) is 0 Å². The number of Topliss-reactive ketones (excluding diaryl/α,β-unsaturated/α-hetero) is 1. The molecule has 0 aromatic rings. The van der Waals surface area contributed by atoms with Gasteiger partial charge in [-0.25, -0.2) is 0 Å². The van der Waals surface area contributed by atoms with Gasteiger partial charge < -0.3 is 19.8 Å². The van der Waals surface area contributed by atoms with Crippen LogP contribution in [0, 0.1) is 11.8 Å². The number of rotatable bonds is 6. The molecule has 0 rings (SSSR count). The fourth-order valence-electron chi connectivity index (χ4n) is 1.26. The molecule has 0 bridgehead atoms. The molecule has 0 radical (unpaired) electrons. The topological polar surface area (TPSA) is 97.3 Å². The maximum Gasteiger partial charge on any atom is 0.150 e. The highest BCUT2D eigenvalue weighted by Gasteiger charge is 2.26. The highest BCUT2D eigenvalue weighted by molar-refractivity contribution is 6.13. The molecule has 14 heavy (non-hydrogen) atoms. The maximum absolute atomic E-state index is 11.3. The van der Waals surface area contributed by atoms with E-state index in [0.29, 0.717) is 12.8 Å². The molecule has 5 nitrogen and oxygen atoms in total. The van der Waals surface area contributed by atoms with Gasteiger partial charge in [0.25, 0.3) is 0 Å². The summed E-state index contributed by atoms with van der Waals surface area (Å²) in [6.45, 7) is 3.38. The second-order valence-electron chi connectivity index (χ2n) is 2.99. The molecule has 0 aliphatic rings. The van der Waals surface area contributed by atoms with Crippen LogP contribution in [0.4, 0.5) is 0 Å².